The Hall–Kier alpha value is -2.71. The van der Waals surface area contributed by atoms with Gasteiger partial charge in [0.25, 0.3) is 0 Å². The molecule has 2 rings (SSSR count). The Morgan fingerprint density at radius 2 is 1.71 bits per heavy atom. The molecule has 5 unspecified atom stereocenters. The molecule has 1 heterocycles. The van der Waals surface area contributed by atoms with Crippen molar-refractivity contribution in [2.24, 2.45) is 17.6 Å². The molecule has 35 heavy (non-hydrogen) atoms. The Labute approximate surface area is 209 Å². The van der Waals surface area contributed by atoms with E-state index in [2.05, 4.69) is 33.7 Å². The van der Waals surface area contributed by atoms with Gasteiger partial charge < -0.3 is 21.1 Å². The normalized spacial score (nSPS) is 20.1. The summed E-state index contributed by atoms with van der Waals surface area (Å²) in [4.78, 5) is 39.6. The van der Waals surface area contributed by atoms with Crippen molar-refractivity contribution < 1.29 is 19.1 Å². The van der Waals surface area contributed by atoms with Crippen LogP contribution >= 0.6 is 0 Å². The Kier molecular flexibility index (Phi) is 10.9. The predicted octanol–water partition coefficient (Wildman–Crippen LogP) is 2.03. The van der Waals surface area contributed by atoms with Crippen LogP contribution < -0.4 is 16.4 Å². The zero-order valence-electron chi connectivity index (χ0n) is 21.9. The maximum Gasteiger partial charge on any atom is 0.328 e. The molecule has 1 aromatic rings. The third-order valence-corrected chi connectivity index (χ3v) is 6.62. The molecule has 8 heteroatoms. The van der Waals surface area contributed by atoms with E-state index in [9.17, 15) is 14.4 Å². The Morgan fingerprint density at radius 1 is 1.06 bits per heavy atom. The lowest BCUT2D eigenvalue weighted by molar-refractivity contribution is -0.147. The summed E-state index contributed by atoms with van der Waals surface area (Å²) < 4.78 is 4.87. The summed E-state index contributed by atoms with van der Waals surface area (Å²) in [6.07, 6.45) is 3.78. The van der Waals surface area contributed by atoms with Crippen LogP contribution in [0.2, 0.25) is 0 Å². The number of esters is 1. The van der Waals surface area contributed by atoms with Crippen molar-refractivity contribution in [3.05, 3.63) is 47.5 Å². The number of hydrogen-bond donors (Lipinski definition) is 3. The average molecular weight is 487 g/mol. The van der Waals surface area contributed by atoms with Crippen LogP contribution in [0.1, 0.15) is 46.6 Å². The molecule has 0 spiro atoms. The second-order valence-corrected chi connectivity index (χ2v) is 9.88. The smallest absolute Gasteiger partial charge is 0.328 e. The zero-order chi connectivity index (χ0) is 26.1. The van der Waals surface area contributed by atoms with Gasteiger partial charge in [0, 0.05) is 19.1 Å². The van der Waals surface area contributed by atoms with Gasteiger partial charge in [-0.1, -0.05) is 55.8 Å². The number of methoxy groups -OCH3 is 1. The molecular formula is C27H42N4O4. The molecule has 4 N–H and O–H groups in total. The largest absolute Gasteiger partial charge is 0.467 e. The fraction of sp³-hybridized carbons (Fsp3) is 0.593. The van der Waals surface area contributed by atoms with Gasteiger partial charge in [0.2, 0.25) is 11.8 Å². The van der Waals surface area contributed by atoms with Crippen LogP contribution in [0.3, 0.4) is 0 Å². The fourth-order valence-electron chi connectivity index (χ4n) is 4.36. The number of carbonyl (C=O) groups is 3. The molecule has 5 atom stereocenters. The van der Waals surface area contributed by atoms with Gasteiger partial charge in [-0.25, -0.2) is 4.79 Å². The molecule has 1 aliphatic heterocycles. The van der Waals surface area contributed by atoms with Crippen molar-refractivity contribution in [1.82, 2.24) is 15.5 Å². The van der Waals surface area contributed by atoms with Crippen LogP contribution in [0.15, 0.2) is 42.0 Å². The summed E-state index contributed by atoms with van der Waals surface area (Å²) in [5, 5.41) is 5.88. The molecule has 0 saturated heterocycles. The molecule has 1 aliphatic rings. The number of rotatable bonds is 10. The summed E-state index contributed by atoms with van der Waals surface area (Å²) in [5.41, 5.74) is 8.09. The summed E-state index contributed by atoms with van der Waals surface area (Å²) >= 11 is 0. The van der Waals surface area contributed by atoms with Crippen molar-refractivity contribution in [3.63, 3.8) is 0 Å². The van der Waals surface area contributed by atoms with Gasteiger partial charge in [0.15, 0.2) is 0 Å². The number of nitrogens with zero attached hydrogens (tertiary/aromatic N) is 1. The van der Waals surface area contributed by atoms with Crippen molar-refractivity contribution in [3.8, 4) is 0 Å². The number of benzene rings is 1. The van der Waals surface area contributed by atoms with E-state index in [0.717, 1.165) is 12.0 Å². The van der Waals surface area contributed by atoms with Crippen LogP contribution in [-0.2, 0) is 25.5 Å². The van der Waals surface area contributed by atoms with Gasteiger partial charge in [0.05, 0.1) is 19.2 Å². The summed E-state index contributed by atoms with van der Waals surface area (Å²) in [7, 11) is 1.33. The summed E-state index contributed by atoms with van der Waals surface area (Å²) in [5.74, 6) is -0.762. The van der Waals surface area contributed by atoms with Crippen LogP contribution in [0.5, 0.6) is 0 Å². The van der Waals surface area contributed by atoms with Gasteiger partial charge in [-0.3, -0.25) is 14.5 Å². The number of ether oxygens (including phenoxy) is 1. The second kappa shape index (κ2) is 13.4. The molecule has 2 amide bonds. The van der Waals surface area contributed by atoms with Crippen molar-refractivity contribution >= 4 is 17.8 Å². The lowest BCUT2D eigenvalue weighted by Gasteiger charge is -2.31. The van der Waals surface area contributed by atoms with E-state index >= 15 is 0 Å². The molecule has 0 fully saturated rings. The highest BCUT2D eigenvalue weighted by molar-refractivity contribution is 5.87. The molecule has 0 bridgehead atoms. The van der Waals surface area contributed by atoms with E-state index < -0.39 is 24.1 Å². The standard InChI is InChI=1S/C27H42N4O4/c1-17(2)24(27(34)35-6)30-26(33)20(5)31-13-12-23(19(4)29-25(32)18(3)28)15-22(16-31)14-21-10-8-7-9-11-21/h7-11,15,17-20,22,24H,12-14,16,28H2,1-6H3,(H,29,32)(H,30,33). The van der Waals surface area contributed by atoms with Crippen molar-refractivity contribution in [2.75, 3.05) is 20.2 Å². The van der Waals surface area contributed by atoms with Crippen LogP contribution in [0, 0.1) is 11.8 Å². The highest BCUT2D eigenvalue weighted by atomic mass is 16.5. The maximum absolute atomic E-state index is 13.1. The average Bonchev–Trinajstić information content (AvgIpc) is 3.04. The Balaban J connectivity index is 2.21. The predicted molar refractivity (Wildman–Crippen MR) is 137 cm³/mol. The second-order valence-electron chi connectivity index (χ2n) is 9.88. The first-order chi connectivity index (χ1) is 16.5. The minimum Gasteiger partial charge on any atom is -0.467 e. The zero-order valence-corrected chi connectivity index (χ0v) is 21.9. The van der Waals surface area contributed by atoms with Crippen molar-refractivity contribution in [1.29, 1.82) is 0 Å². The van der Waals surface area contributed by atoms with Gasteiger partial charge in [-0.2, -0.15) is 0 Å². The number of amides is 2. The third-order valence-electron chi connectivity index (χ3n) is 6.62. The molecule has 0 aliphatic carbocycles. The van der Waals surface area contributed by atoms with E-state index in [-0.39, 0.29) is 29.7 Å². The topological polar surface area (TPSA) is 114 Å². The fourth-order valence-corrected chi connectivity index (χ4v) is 4.36. The first kappa shape index (κ1) is 28.5. The van der Waals surface area contributed by atoms with E-state index in [1.807, 2.05) is 45.9 Å². The van der Waals surface area contributed by atoms with E-state index in [4.69, 9.17) is 10.5 Å². The quantitative estimate of drug-likeness (QED) is 0.345. The van der Waals surface area contributed by atoms with Crippen LogP contribution in [0.25, 0.3) is 0 Å². The minimum atomic E-state index is -0.691. The summed E-state index contributed by atoms with van der Waals surface area (Å²) in [6.45, 7) is 10.6. The van der Waals surface area contributed by atoms with Gasteiger partial charge in [-0.05, 0) is 51.0 Å². The first-order valence-electron chi connectivity index (χ1n) is 12.5. The van der Waals surface area contributed by atoms with Crippen molar-refractivity contribution in [2.45, 2.75) is 71.6 Å². The van der Waals surface area contributed by atoms with Crippen LogP contribution in [0.4, 0.5) is 0 Å². The highest BCUT2D eigenvalue weighted by Crippen LogP contribution is 2.23. The van der Waals surface area contributed by atoms with E-state index in [1.54, 1.807) is 6.92 Å². The highest BCUT2D eigenvalue weighted by Gasteiger charge is 2.31. The molecule has 0 radical (unpaired) electrons. The molecule has 0 aromatic heterocycles. The Bertz CT molecular complexity index is 884. The maximum atomic E-state index is 13.1. The van der Waals surface area contributed by atoms with Gasteiger partial charge in [-0.15, -0.1) is 0 Å². The molecule has 1 aromatic carbocycles. The van der Waals surface area contributed by atoms with Crippen LogP contribution in [-0.4, -0.2) is 67.1 Å². The van der Waals surface area contributed by atoms with E-state index in [1.165, 1.54) is 12.7 Å². The molecule has 194 valence electrons. The summed E-state index contributed by atoms with van der Waals surface area (Å²) in [6, 6.07) is 8.39. The molecule has 8 nitrogen and oxygen atoms in total. The number of nitrogens with one attached hydrogen (secondary N) is 2. The SMILES string of the molecule is COC(=O)C(NC(=O)C(C)N1CCC(C(C)NC(=O)C(C)N)=CC(Cc2ccccc2)C1)C(C)C. The molecule has 0 saturated carbocycles. The van der Waals surface area contributed by atoms with Gasteiger partial charge in [0.1, 0.15) is 6.04 Å². The van der Waals surface area contributed by atoms with E-state index in [0.29, 0.717) is 19.5 Å². The Morgan fingerprint density at radius 3 is 2.29 bits per heavy atom. The minimum absolute atomic E-state index is 0.0868. The third kappa shape index (κ3) is 8.47. The lowest BCUT2D eigenvalue weighted by Crippen LogP contribution is -2.53. The lowest BCUT2D eigenvalue weighted by atomic mass is 9.94. The number of nitrogens with two attached hydrogens (primary N) is 1. The first-order valence-corrected chi connectivity index (χ1v) is 12.5. The monoisotopic (exact) mass is 486 g/mol. The number of hydrogen-bond acceptors (Lipinski definition) is 6. The van der Waals surface area contributed by atoms with Gasteiger partial charge >= 0.3 is 5.97 Å². The molecular weight excluding hydrogens is 444 g/mol. The number of carbonyl (C=O) groups excluding carboxylic acids is 3.